The third-order valence-electron chi connectivity index (χ3n) is 5.48. The first kappa shape index (κ1) is 23.0. The van der Waals surface area contributed by atoms with Crippen LogP contribution in [0.3, 0.4) is 0 Å². The van der Waals surface area contributed by atoms with Crippen LogP contribution in [-0.2, 0) is 35.9 Å². The molecule has 1 aliphatic heterocycles. The summed E-state index contributed by atoms with van der Waals surface area (Å²) in [6.45, 7) is 8.68. The zero-order valence-electron chi connectivity index (χ0n) is 18.9. The summed E-state index contributed by atoms with van der Waals surface area (Å²) in [6, 6.07) is 1.72. The number of ether oxygens (including phenoxy) is 2. The summed E-state index contributed by atoms with van der Waals surface area (Å²) in [5, 5.41) is 11.9. The topological polar surface area (TPSA) is 100 Å². The van der Waals surface area contributed by atoms with Crippen molar-refractivity contribution < 1.29 is 19.1 Å². The maximum Gasteiger partial charge on any atom is 0.358 e. The number of aryl methyl sites for hydroxylation is 3. The number of hydrogen-bond acceptors (Lipinski definition) is 6. The predicted molar refractivity (Wildman–Crippen MR) is 115 cm³/mol. The molecular formula is C22H33N5O4. The number of carbonyl (C=O) groups excluding carboxylic acids is 2. The van der Waals surface area contributed by atoms with E-state index in [1.54, 1.807) is 22.5 Å². The Labute approximate surface area is 183 Å². The third kappa shape index (κ3) is 5.72. The molecule has 2 aromatic rings. The van der Waals surface area contributed by atoms with Crippen molar-refractivity contribution in [1.29, 1.82) is 0 Å². The number of carbonyl (C=O) groups is 2. The fourth-order valence-electron chi connectivity index (χ4n) is 3.71. The molecular weight excluding hydrogens is 398 g/mol. The maximum atomic E-state index is 12.8. The molecule has 0 fully saturated rings. The van der Waals surface area contributed by atoms with Gasteiger partial charge in [-0.1, -0.05) is 6.92 Å². The average molecular weight is 432 g/mol. The Morgan fingerprint density at radius 1 is 1.32 bits per heavy atom. The van der Waals surface area contributed by atoms with Gasteiger partial charge in [0.15, 0.2) is 5.69 Å². The van der Waals surface area contributed by atoms with Crippen molar-refractivity contribution in [3.8, 4) is 0 Å². The van der Waals surface area contributed by atoms with Gasteiger partial charge in [-0.3, -0.25) is 14.2 Å². The highest BCUT2D eigenvalue weighted by Crippen LogP contribution is 2.21. The van der Waals surface area contributed by atoms with Crippen LogP contribution < -0.4 is 5.32 Å². The van der Waals surface area contributed by atoms with Crippen molar-refractivity contribution in [2.45, 2.75) is 53.0 Å². The van der Waals surface area contributed by atoms with E-state index in [4.69, 9.17) is 14.6 Å². The molecule has 0 radical (unpaired) electrons. The van der Waals surface area contributed by atoms with Gasteiger partial charge in [0, 0.05) is 44.6 Å². The lowest BCUT2D eigenvalue weighted by atomic mass is 9.99. The molecule has 1 aliphatic rings. The smallest absolute Gasteiger partial charge is 0.358 e. The maximum absolute atomic E-state index is 12.8. The molecule has 0 bridgehead atoms. The summed E-state index contributed by atoms with van der Waals surface area (Å²) in [6.07, 6.45) is 2.99. The minimum Gasteiger partial charge on any atom is -0.461 e. The normalized spacial score (nSPS) is 16.2. The van der Waals surface area contributed by atoms with Crippen LogP contribution in [-0.4, -0.2) is 57.8 Å². The minimum atomic E-state index is -0.425. The second kappa shape index (κ2) is 10.6. The highest BCUT2D eigenvalue weighted by Gasteiger charge is 2.24. The fourth-order valence-corrected chi connectivity index (χ4v) is 3.71. The Bertz CT molecular complexity index is 898. The molecule has 0 aromatic carbocycles. The quantitative estimate of drug-likeness (QED) is 0.703. The second-order valence-electron chi connectivity index (χ2n) is 8.12. The molecule has 1 N–H and O–H groups in total. The first-order valence-electron chi connectivity index (χ1n) is 11.0. The summed E-state index contributed by atoms with van der Waals surface area (Å²) in [4.78, 5) is 25.1. The van der Waals surface area contributed by atoms with Crippen molar-refractivity contribution in [3.63, 3.8) is 0 Å². The summed E-state index contributed by atoms with van der Waals surface area (Å²) < 4.78 is 14.6. The van der Waals surface area contributed by atoms with E-state index >= 15 is 0 Å². The minimum absolute atomic E-state index is 0.0514. The van der Waals surface area contributed by atoms with E-state index in [-0.39, 0.29) is 18.4 Å². The summed E-state index contributed by atoms with van der Waals surface area (Å²) in [5.41, 5.74) is 3.72. The van der Waals surface area contributed by atoms with Crippen LogP contribution >= 0.6 is 0 Å². The molecule has 1 amide bonds. The molecule has 9 nitrogen and oxygen atoms in total. The van der Waals surface area contributed by atoms with Gasteiger partial charge in [0.25, 0.3) is 5.91 Å². The Morgan fingerprint density at radius 2 is 2.10 bits per heavy atom. The van der Waals surface area contributed by atoms with Gasteiger partial charge in [0.1, 0.15) is 5.69 Å². The highest BCUT2D eigenvalue weighted by molar-refractivity contribution is 5.94. The fraction of sp³-hybridized carbons (Fsp3) is 0.636. The van der Waals surface area contributed by atoms with E-state index in [1.165, 1.54) is 0 Å². The standard InChI is InChI=1S/C22H33N5O4/c1-5-27-20-17(8-6-10-30-11-7-9-23-21(20)28)18(25-27)12-15(2)14-31-22(29)19-13-16(3)26(4)24-19/h13,15H,5-12,14H2,1-4H3,(H,23,28)/t15-/m1/s1. The van der Waals surface area contributed by atoms with E-state index in [9.17, 15) is 9.59 Å². The summed E-state index contributed by atoms with van der Waals surface area (Å²) >= 11 is 0. The van der Waals surface area contributed by atoms with Gasteiger partial charge in [-0.25, -0.2) is 4.79 Å². The predicted octanol–water partition coefficient (Wildman–Crippen LogP) is 2.06. The largest absolute Gasteiger partial charge is 0.461 e. The number of rotatable bonds is 6. The Morgan fingerprint density at radius 3 is 2.81 bits per heavy atom. The van der Waals surface area contributed by atoms with Crippen LogP contribution in [0.15, 0.2) is 6.07 Å². The van der Waals surface area contributed by atoms with Crippen LogP contribution in [0.5, 0.6) is 0 Å². The van der Waals surface area contributed by atoms with Gasteiger partial charge in [0.05, 0.1) is 12.3 Å². The van der Waals surface area contributed by atoms with Gasteiger partial charge in [-0.2, -0.15) is 10.2 Å². The van der Waals surface area contributed by atoms with Gasteiger partial charge in [-0.05, 0) is 51.5 Å². The first-order valence-corrected chi connectivity index (χ1v) is 11.0. The van der Waals surface area contributed by atoms with E-state index < -0.39 is 5.97 Å². The lowest BCUT2D eigenvalue weighted by molar-refractivity contribution is 0.0440. The molecule has 3 heterocycles. The number of nitrogens with one attached hydrogen (secondary N) is 1. The van der Waals surface area contributed by atoms with Crippen LogP contribution in [0, 0.1) is 12.8 Å². The zero-order chi connectivity index (χ0) is 22.4. The van der Waals surface area contributed by atoms with Crippen LogP contribution in [0.1, 0.15) is 64.6 Å². The van der Waals surface area contributed by atoms with Crippen molar-refractivity contribution >= 4 is 11.9 Å². The van der Waals surface area contributed by atoms with Gasteiger partial charge < -0.3 is 14.8 Å². The Balaban J connectivity index is 1.71. The summed E-state index contributed by atoms with van der Waals surface area (Å²) in [7, 11) is 1.79. The molecule has 3 rings (SSSR count). The van der Waals surface area contributed by atoms with Crippen molar-refractivity contribution in [2.24, 2.45) is 13.0 Å². The average Bonchev–Trinajstić information content (AvgIpc) is 3.25. The number of esters is 1. The van der Waals surface area contributed by atoms with Crippen molar-refractivity contribution in [2.75, 3.05) is 26.4 Å². The van der Waals surface area contributed by atoms with Crippen molar-refractivity contribution in [1.82, 2.24) is 24.9 Å². The molecule has 0 saturated carbocycles. The number of aromatic nitrogens is 4. The van der Waals surface area contributed by atoms with Gasteiger partial charge in [-0.15, -0.1) is 0 Å². The zero-order valence-corrected chi connectivity index (χ0v) is 18.9. The van der Waals surface area contributed by atoms with E-state index in [0.29, 0.717) is 44.1 Å². The van der Waals surface area contributed by atoms with Crippen molar-refractivity contribution in [3.05, 3.63) is 34.4 Å². The number of fused-ring (bicyclic) bond motifs is 1. The molecule has 1 atom stereocenters. The van der Waals surface area contributed by atoms with E-state index in [2.05, 4.69) is 10.4 Å². The van der Waals surface area contributed by atoms with Gasteiger partial charge in [0.2, 0.25) is 0 Å². The molecule has 0 unspecified atom stereocenters. The second-order valence-corrected chi connectivity index (χ2v) is 8.12. The molecule has 2 aromatic heterocycles. The lowest BCUT2D eigenvalue weighted by Gasteiger charge is -2.12. The Hall–Kier alpha value is -2.68. The number of hydrogen-bond donors (Lipinski definition) is 1. The van der Waals surface area contributed by atoms with E-state index in [1.807, 2.05) is 20.8 Å². The molecule has 31 heavy (non-hydrogen) atoms. The van der Waals surface area contributed by atoms with Crippen LogP contribution in [0.25, 0.3) is 0 Å². The van der Waals surface area contributed by atoms with E-state index in [0.717, 1.165) is 36.2 Å². The molecule has 0 aliphatic carbocycles. The number of amides is 1. The lowest BCUT2D eigenvalue weighted by Crippen LogP contribution is -2.28. The molecule has 0 spiro atoms. The summed E-state index contributed by atoms with van der Waals surface area (Å²) in [5.74, 6) is -0.455. The molecule has 0 saturated heterocycles. The monoisotopic (exact) mass is 431 g/mol. The van der Waals surface area contributed by atoms with Gasteiger partial charge >= 0.3 is 5.97 Å². The Kier molecular flexibility index (Phi) is 7.84. The number of nitrogens with zero attached hydrogens (tertiary/aromatic N) is 4. The molecule has 170 valence electrons. The van der Waals surface area contributed by atoms with Crippen LogP contribution in [0.2, 0.25) is 0 Å². The molecule has 9 heteroatoms. The first-order chi connectivity index (χ1) is 14.9. The third-order valence-corrected chi connectivity index (χ3v) is 5.48. The van der Waals surface area contributed by atoms with Crippen LogP contribution in [0.4, 0.5) is 0 Å². The SMILES string of the molecule is CCn1nc(C[C@@H](C)COC(=O)c2cc(C)n(C)n2)c2c1C(=O)NCCCOCCC2. The highest BCUT2D eigenvalue weighted by atomic mass is 16.5.